The highest BCUT2D eigenvalue weighted by Gasteiger charge is 2.77. The van der Waals surface area contributed by atoms with Gasteiger partial charge in [-0.2, -0.15) is 0 Å². The molecule has 3 fully saturated rings. The van der Waals surface area contributed by atoms with Crippen LogP contribution in [0.1, 0.15) is 33.6 Å². The molecule has 1 aromatic carbocycles. The van der Waals surface area contributed by atoms with Crippen LogP contribution in [0.25, 0.3) is 0 Å². The lowest BCUT2D eigenvalue weighted by atomic mass is 9.70. The molecule has 0 saturated carbocycles. The number of nitrogens with one attached hydrogen (secondary N) is 2. The lowest BCUT2D eigenvalue weighted by molar-refractivity contribution is -0.145. The Morgan fingerprint density at radius 2 is 1.97 bits per heavy atom. The maximum atomic E-state index is 13.9. The van der Waals surface area contributed by atoms with Gasteiger partial charge in [-0.05, 0) is 43.0 Å². The first-order valence-electron chi connectivity index (χ1n) is 11.7. The summed E-state index contributed by atoms with van der Waals surface area (Å²) in [5.41, 5.74) is -0.630. The summed E-state index contributed by atoms with van der Waals surface area (Å²) in [7, 11) is 0. The van der Waals surface area contributed by atoms with Crippen LogP contribution in [0, 0.1) is 17.8 Å². The van der Waals surface area contributed by atoms with E-state index in [2.05, 4.69) is 26.6 Å². The third-order valence-corrected chi connectivity index (χ3v) is 8.35. The normalized spacial score (nSPS) is 32.7. The fourth-order valence-electron chi connectivity index (χ4n) is 5.75. The van der Waals surface area contributed by atoms with Crippen LogP contribution in [0.15, 0.2) is 24.3 Å². The van der Waals surface area contributed by atoms with Crippen molar-refractivity contribution in [3.05, 3.63) is 29.3 Å². The lowest BCUT2D eigenvalue weighted by Crippen LogP contribution is -2.57. The van der Waals surface area contributed by atoms with Gasteiger partial charge in [0.25, 0.3) is 0 Å². The number of rotatable bonds is 8. The average Bonchev–Trinajstić information content (AvgIpc) is 3.38. The molecule has 2 bridgehead atoms. The Hall–Kier alpha value is -1.68. The molecule has 0 aromatic heterocycles. The van der Waals surface area contributed by atoms with Gasteiger partial charge in [-0.3, -0.25) is 14.4 Å². The largest absolute Gasteiger partial charge is 0.394 e. The zero-order valence-electron chi connectivity index (χ0n) is 19.5. The summed E-state index contributed by atoms with van der Waals surface area (Å²) in [6, 6.07) is 5.12. The zero-order valence-corrected chi connectivity index (χ0v) is 21.8. The Balaban J connectivity index is 1.75. The molecule has 0 radical (unpaired) electrons. The number of amides is 3. The Bertz CT molecular complexity index is 960. The Morgan fingerprint density at radius 1 is 1.29 bits per heavy atom. The van der Waals surface area contributed by atoms with E-state index in [-0.39, 0.29) is 29.2 Å². The van der Waals surface area contributed by atoms with Crippen molar-refractivity contribution in [1.82, 2.24) is 10.2 Å². The fourth-order valence-corrected chi connectivity index (χ4v) is 6.82. The Labute approximate surface area is 212 Å². The average molecular weight is 557 g/mol. The molecule has 3 aliphatic rings. The standard InChI is InChI=1S/C24H31BrClN3O5/c1-4-9-27-21(31)17-18-23(33)29(16(11-30)12(2)3)20(24(18)10-15(25)19(17)34-24)22(32)28-14-7-5-13(26)6-8-14/h5-8,12,15-20,30H,4,9-11H2,1-3H3,(H,27,31)(H,28,32)/t15?,16-,17+,18-,19+,20?,24?/m0/s1. The number of nitrogens with zero attached hydrogens (tertiary/aromatic N) is 1. The summed E-state index contributed by atoms with van der Waals surface area (Å²) in [6.07, 6.45) is 0.672. The van der Waals surface area contributed by atoms with Crippen LogP contribution in [-0.2, 0) is 19.1 Å². The quantitative estimate of drug-likeness (QED) is 0.427. The molecule has 0 aliphatic carbocycles. The summed E-state index contributed by atoms with van der Waals surface area (Å²) in [6.45, 7) is 5.94. The number of hydrogen-bond donors (Lipinski definition) is 3. The number of alkyl halides is 1. The van der Waals surface area contributed by atoms with Crippen molar-refractivity contribution in [2.75, 3.05) is 18.5 Å². The van der Waals surface area contributed by atoms with Crippen LogP contribution in [0.2, 0.25) is 5.02 Å². The van der Waals surface area contributed by atoms with E-state index in [1.807, 2.05) is 20.8 Å². The number of anilines is 1. The number of benzene rings is 1. The van der Waals surface area contributed by atoms with Crippen LogP contribution in [0.5, 0.6) is 0 Å². The summed E-state index contributed by atoms with van der Waals surface area (Å²) in [4.78, 5) is 42.1. The Morgan fingerprint density at radius 3 is 2.56 bits per heavy atom. The smallest absolute Gasteiger partial charge is 0.250 e. The molecule has 10 heteroatoms. The number of halogens is 2. The molecule has 3 amide bonds. The van der Waals surface area contributed by atoms with Crippen molar-refractivity contribution >= 4 is 50.9 Å². The van der Waals surface area contributed by atoms with Gasteiger partial charge >= 0.3 is 0 Å². The molecular formula is C24H31BrClN3O5. The van der Waals surface area contributed by atoms with E-state index in [9.17, 15) is 19.5 Å². The zero-order chi connectivity index (χ0) is 24.8. The first-order chi connectivity index (χ1) is 16.2. The van der Waals surface area contributed by atoms with Gasteiger partial charge in [-0.25, -0.2) is 0 Å². The molecular weight excluding hydrogens is 526 g/mol. The number of hydrogen-bond acceptors (Lipinski definition) is 5. The van der Waals surface area contributed by atoms with Gasteiger partial charge in [0, 0.05) is 22.1 Å². The third-order valence-electron chi connectivity index (χ3n) is 7.25. The van der Waals surface area contributed by atoms with E-state index < -0.39 is 41.5 Å². The highest BCUT2D eigenvalue weighted by Crippen LogP contribution is 2.60. The summed E-state index contributed by atoms with van der Waals surface area (Å²) >= 11 is 9.62. The van der Waals surface area contributed by atoms with Crippen LogP contribution in [-0.4, -0.2) is 69.5 Å². The molecule has 1 spiro atoms. The van der Waals surface area contributed by atoms with E-state index in [0.717, 1.165) is 6.42 Å². The molecule has 8 nitrogen and oxygen atoms in total. The predicted octanol–water partition coefficient (Wildman–Crippen LogP) is 2.57. The highest BCUT2D eigenvalue weighted by molar-refractivity contribution is 9.09. The van der Waals surface area contributed by atoms with Gasteiger partial charge < -0.3 is 25.4 Å². The lowest BCUT2D eigenvalue weighted by Gasteiger charge is -2.38. The second kappa shape index (κ2) is 9.76. The molecule has 3 unspecified atom stereocenters. The summed E-state index contributed by atoms with van der Waals surface area (Å²) in [5, 5.41) is 16.5. The van der Waals surface area contributed by atoms with Crippen molar-refractivity contribution < 1.29 is 24.2 Å². The SMILES string of the molecule is CCCNC(=O)[C@H]1[C@@H]2OC3(CC2Br)C(C(=O)Nc2ccc(Cl)cc2)N([C@@H](CO)C(C)C)C(=O)[C@H]13. The van der Waals surface area contributed by atoms with Gasteiger partial charge in [0.2, 0.25) is 17.7 Å². The minimum absolute atomic E-state index is 0.112. The molecule has 3 heterocycles. The first kappa shape index (κ1) is 25.4. The molecule has 34 heavy (non-hydrogen) atoms. The van der Waals surface area contributed by atoms with Gasteiger partial charge in [-0.1, -0.05) is 48.3 Å². The minimum atomic E-state index is -1.16. The van der Waals surface area contributed by atoms with E-state index in [4.69, 9.17) is 16.3 Å². The summed E-state index contributed by atoms with van der Waals surface area (Å²) in [5.74, 6) is -2.58. The van der Waals surface area contributed by atoms with E-state index in [0.29, 0.717) is 23.7 Å². The van der Waals surface area contributed by atoms with E-state index >= 15 is 0 Å². The number of carbonyl (C=O) groups excluding carboxylic acids is 3. The molecule has 1 aromatic rings. The molecule has 3 N–H and O–H groups in total. The van der Waals surface area contributed by atoms with Crippen molar-refractivity contribution in [1.29, 1.82) is 0 Å². The number of aliphatic hydroxyl groups excluding tert-OH is 1. The van der Waals surface area contributed by atoms with Crippen molar-refractivity contribution in [3.63, 3.8) is 0 Å². The number of ether oxygens (including phenoxy) is 1. The van der Waals surface area contributed by atoms with Crippen molar-refractivity contribution in [2.45, 2.75) is 62.2 Å². The van der Waals surface area contributed by atoms with Gasteiger partial charge in [-0.15, -0.1) is 0 Å². The first-order valence-corrected chi connectivity index (χ1v) is 13.0. The second-order valence-electron chi connectivity index (χ2n) is 9.69. The minimum Gasteiger partial charge on any atom is -0.394 e. The third kappa shape index (κ3) is 4.04. The number of carbonyl (C=O) groups is 3. The molecule has 186 valence electrons. The predicted molar refractivity (Wildman–Crippen MR) is 132 cm³/mol. The molecule has 7 atom stereocenters. The summed E-state index contributed by atoms with van der Waals surface area (Å²) < 4.78 is 6.44. The fraction of sp³-hybridized carbons (Fsp3) is 0.625. The molecule has 3 aliphatic heterocycles. The van der Waals surface area contributed by atoms with Crippen molar-refractivity contribution in [3.8, 4) is 0 Å². The maximum absolute atomic E-state index is 13.9. The number of likely N-dealkylation sites (tertiary alicyclic amines) is 1. The molecule has 3 saturated heterocycles. The van der Waals surface area contributed by atoms with Crippen LogP contribution in [0.4, 0.5) is 5.69 Å². The van der Waals surface area contributed by atoms with Gasteiger partial charge in [0.15, 0.2) is 0 Å². The number of aliphatic hydroxyl groups is 1. The van der Waals surface area contributed by atoms with Gasteiger partial charge in [0.05, 0.1) is 30.6 Å². The van der Waals surface area contributed by atoms with Crippen LogP contribution >= 0.6 is 27.5 Å². The number of fused-ring (bicyclic) bond motifs is 1. The maximum Gasteiger partial charge on any atom is 0.250 e. The van der Waals surface area contributed by atoms with Crippen LogP contribution < -0.4 is 10.6 Å². The monoisotopic (exact) mass is 555 g/mol. The molecule has 4 rings (SSSR count). The second-order valence-corrected chi connectivity index (χ2v) is 11.3. The highest BCUT2D eigenvalue weighted by atomic mass is 79.9. The Kier molecular flexibility index (Phi) is 7.29. The van der Waals surface area contributed by atoms with E-state index in [1.54, 1.807) is 24.3 Å². The van der Waals surface area contributed by atoms with E-state index in [1.165, 1.54) is 4.90 Å². The van der Waals surface area contributed by atoms with Gasteiger partial charge in [0.1, 0.15) is 11.6 Å². The topological polar surface area (TPSA) is 108 Å². The van der Waals surface area contributed by atoms with Crippen molar-refractivity contribution in [2.24, 2.45) is 17.8 Å². The van der Waals surface area contributed by atoms with Crippen LogP contribution in [0.3, 0.4) is 0 Å².